The van der Waals surface area contributed by atoms with Crippen molar-refractivity contribution in [3.63, 3.8) is 0 Å². The van der Waals surface area contributed by atoms with Gasteiger partial charge < -0.3 is 10.0 Å². The molecule has 1 rings (SSSR count). The molecule has 0 spiro atoms. The second kappa shape index (κ2) is 6.70. The summed E-state index contributed by atoms with van der Waals surface area (Å²) in [6.07, 6.45) is 2.29. The van der Waals surface area contributed by atoms with E-state index in [9.17, 15) is 0 Å². The third kappa shape index (κ3) is 4.10. The van der Waals surface area contributed by atoms with Crippen molar-refractivity contribution in [1.29, 1.82) is 0 Å². The van der Waals surface area contributed by atoms with Crippen molar-refractivity contribution in [3.05, 3.63) is 29.3 Å². The Labute approximate surface area is 96.5 Å². The molecule has 0 amide bonds. The maximum Gasteiger partial charge on any atom is 0.0606 e. The van der Waals surface area contributed by atoms with Crippen LogP contribution in [-0.4, -0.2) is 24.8 Å². The van der Waals surface area contributed by atoms with Gasteiger partial charge in [0.15, 0.2) is 0 Å². The summed E-state index contributed by atoms with van der Waals surface area (Å²) in [5, 5.41) is 9.73. The molecule has 1 aromatic rings. The van der Waals surface area contributed by atoms with Crippen LogP contribution in [0.15, 0.2) is 24.3 Å². The number of hydrogen-bond acceptors (Lipinski definition) is 2. The number of halogens is 1. The van der Waals surface area contributed by atoms with Gasteiger partial charge in [0.25, 0.3) is 0 Å². The molecule has 0 radical (unpaired) electrons. The maximum absolute atomic E-state index is 8.99. The van der Waals surface area contributed by atoms with Crippen LogP contribution < -0.4 is 4.90 Å². The van der Waals surface area contributed by atoms with E-state index in [-0.39, 0.29) is 6.61 Å². The first-order chi connectivity index (χ1) is 7.27. The third-order valence-corrected chi connectivity index (χ3v) is 2.56. The van der Waals surface area contributed by atoms with E-state index in [1.165, 1.54) is 0 Å². The number of hydrogen-bond donors (Lipinski definition) is 1. The molecular formula is C12H18ClNO. The van der Waals surface area contributed by atoms with Gasteiger partial charge in [0, 0.05) is 23.8 Å². The topological polar surface area (TPSA) is 23.5 Å². The van der Waals surface area contributed by atoms with Crippen LogP contribution >= 0.6 is 11.6 Å². The van der Waals surface area contributed by atoms with Gasteiger partial charge in [-0.25, -0.2) is 0 Å². The van der Waals surface area contributed by atoms with E-state index in [1.807, 2.05) is 24.3 Å². The lowest BCUT2D eigenvalue weighted by atomic mass is 10.2. The number of rotatable bonds is 6. The number of unbranched alkanes of at least 4 members (excludes halogenated alkanes) is 1. The van der Waals surface area contributed by atoms with Gasteiger partial charge >= 0.3 is 0 Å². The standard InChI is InChI=1S/C12H18ClNO/c1-2-3-7-14(8-9-15)12-6-4-5-11(13)10-12/h4-6,10,15H,2-3,7-9H2,1H3. The van der Waals surface area contributed by atoms with Gasteiger partial charge in [-0.3, -0.25) is 0 Å². The van der Waals surface area contributed by atoms with Crippen molar-refractivity contribution in [2.24, 2.45) is 0 Å². The number of aliphatic hydroxyl groups is 1. The highest BCUT2D eigenvalue weighted by Gasteiger charge is 2.05. The minimum atomic E-state index is 0.177. The summed E-state index contributed by atoms with van der Waals surface area (Å²) >= 11 is 5.93. The van der Waals surface area contributed by atoms with E-state index in [1.54, 1.807) is 0 Å². The molecule has 2 nitrogen and oxygen atoms in total. The minimum Gasteiger partial charge on any atom is -0.395 e. The Kier molecular flexibility index (Phi) is 5.51. The smallest absolute Gasteiger partial charge is 0.0606 e. The molecule has 0 atom stereocenters. The van der Waals surface area contributed by atoms with Gasteiger partial charge in [0.1, 0.15) is 0 Å². The van der Waals surface area contributed by atoms with Crippen LogP contribution in [0.4, 0.5) is 5.69 Å². The predicted molar refractivity (Wildman–Crippen MR) is 65.7 cm³/mol. The van der Waals surface area contributed by atoms with E-state index in [4.69, 9.17) is 16.7 Å². The van der Waals surface area contributed by atoms with Crippen molar-refractivity contribution >= 4 is 17.3 Å². The average Bonchev–Trinajstić information content (AvgIpc) is 2.24. The van der Waals surface area contributed by atoms with Crippen molar-refractivity contribution in [1.82, 2.24) is 0 Å². The Balaban J connectivity index is 2.69. The van der Waals surface area contributed by atoms with E-state index < -0.39 is 0 Å². The SMILES string of the molecule is CCCCN(CCO)c1cccc(Cl)c1. The van der Waals surface area contributed by atoms with Crippen LogP contribution in [0.25, 0.3) is 0 Å². The minimum absolute atomic E-state index is 0.177. The third-order valence-electron chi connectivity index (χ3n) is 2.32. The van der Waals surface area contributed by atoms with Crippen LogP contribution in [0.1, 0.15) is 19.8 Å². The van der Waals surface area contributed by atoms with Gasteiger partial charge in [-0.2, -0.15) is 0 Å². The fourth-order valence-corrected chi connectivity index (χ4v) is 1.70. The molecule has 0 heterocycles. The Morgan fingerprint density at radius 1 is 1.33 bits per heavy atom. The van der Waals surface area contributed by atoms with Crippen molar-refractivity contribution in [2.45, 2.75) is 19.8 Å². The quantitative estimate of drug-likeness (QED) is 0.808. The van der Waals surface area contributed by atoms with Crippen LogP contribution in [0.2, 0.25) is 5.02 Å². The summed E-state index contributed by atoms with van der Waals surface area (Å²) in [7, 11) is 0. The summed E-state index contributed by atoms with van der Waals surface area (Å²) in [6.45, 7) is 3.98. The summed E-state index contributed by atoms with van der Waals surface area (Å²) in [4.78, 5) is 2.16. The molecule has 1 aromatic carbocycles. The summed E-state index contributed by atoms with van der Waals surface area (Å²) in [5.74, 6) is 0. The number of anilines is 1. The fourth-order valence-electron chi connectivity index (χ4n) is 1.51. The van der Waals surface area contributed by atoms with Gasteiger partial charge in [-0.05, 0) is 24.6 Å². The summed E-state index contributed by atoms with van der Waals surface area (Å²) in [5.41, 5.74) is 1.09. The normalized spacial score (nSPS) is 10.3. The fraction of sp³-hybridized carbons (Fsp3) is 0.500. The van der Waals surface area contributed by atoms with Gasteiger partial charge in [0.2, 0.25) is 0 Å². The first kappa shape index (κ1) is 12.3. The van der Waals surface area contributed by atoms with Gasteiger partial charge in [-0.15, -0.1) is 0 Å². The average molecular weight is 228 g/mol. The molecule has 1 N–H and O–H groups in total. The second-order valence-corrected chi connectivity index (χ2v) is 3.98. The zero-order chi connectivity index (χ0) is 11.1. The molecule has 15 heavy (non-hydrogen) atoms. The molecule has 0 aromatic heterocycles. The van der Waals surface area contributed by atoms with Crippen LogP contribution in [0, 0.1) is 0 Å². The molecule has 0 unspecified atom stereocenters. The van der Waals surface area contributed by atoms with E-state index in [0.717, 1.165) is 30.1 Å². The lowest BCUT2D eigenvalue weighted by molar-refractivity contribution is 0.301. The first-order valence-corrected chi connectivity index (χ1v) is 5.77. The summed E-state index contributed by atoms with van der Waals surface area (Å²) in [6, 6.07) is 7.76. The maximum atomic E-state index is 8.99. The lowest BCUT2D eigenvalue weighted by Gasteiger charge is -2.23. The second-order valence-electron chi connectivity index (χ2n) is 3.54. The van der Waals surface area contributed by atoms with Gasteiger partial charge in [0.05, 0.1) is 6.61 Å². The molecule has 0 bridgehead atoms. The molecule has 84 valence electrons. The zero-order valence-corrected chi connectivity index (χ0v) is 9.87. The van der Waals surface area contributed by atoms with E-state index in [0.29, 0.717) is 6.54 Å². The summed E-state index contributed by atoms with van der Waals surface area (Å²) < 4.78 is 0. The molecule has 0 saturated carbocycles. The van der Waals surface area contributed by atoms with Crippen LogP contribution in [-0.2, 0) is 0 Å². The van der Waals surface area contributed by atoms with E-state index in [2.05, 4.69) is 11.8 Å². The lowest BCUT2D eigenvalue weighted by Crippen LogP contribution is -2.27. The molecule has 0 saturated heterocycles. The highest BCUT2D eigenvalue weighted by molar-refractivity contribution is 6.30. The predicted octanol–water partition coefficient (Wildman–Crippen LogP) is 2.94. The number of nitrogens with zero attached hydrogens (tertiary/aromatic N) is 1. The van der Waals surface area contributed by atoms with Gasteiger partial charge in [-0.1, -0.05) is 31.0 Å². The molecule has 0 aliphatic carbocycles. The van der Waals surface area contributed by atoms with Crippen molar-refractivity contribution in [2.75, 3.05) is 24.6 Å². The molecule has 3 heteroatoms. The van der Waals surface area contributed by atoms with Crippen LogP contribution in [0.3, 0.4) is 0 Å². The zero-order valence-electron chi connectivity index (χ0n) is 9.12. The number of benzene rings is 1. The first-order valence-electron chi connectivity index (χ1n) is 5.39. The Morgan fingerprint density at radius 3 is 2.73 bits per heavy atom. The van der Waals surface area contributed by atoms with Crippen LogP contribution in [0.5, 0.6) is 0 Å². The highest BCUT2D eigenvalue weighted by Crippen LogP contribution is 2.19. The number of aliphatic hydroxyl groups excluding tert-OH is 1. The van der Waals surface area contributed by atoms with E-state index >= 15 is 0 Å². The van der Waals surface area contributed by atoms with Crippen molar-refractivity contribution < 1.29 is 5.11 Å². The Hall–Kier alpha value is -0.730. The van der Waals surface area contributed by atoms with Crippen molar-refractivity contribution in [3.8, 4) is 0 Å². The Morgan fingerprint density at radius 2 is 2.13 bits per heavy atom. The monoisotopic (exact) mass is 227 g/mol. The molecule has 0 aliphatic heterocycles. The molecule has 0 fully saturated rings. The molecular weight excluding hydrogens is 210 g/mol. The Bertz CT molecular complexity index is 291. The highest BCUT2D eigenvalue weighted by atomic mass is 35.5. The largest absolute Gasteiger partial charge is 0.395 e. The molecule has 0 aliphatic rings.